The molecule has 10 nitrogen and oxygen atoms in total. The van der Waals surface area contributed by atoms with E-state index in [1.165, 1.54) is 0 Å². The molecule has 2 atom stereocenters. The Hall–Kier alpha value is -3.40. The number of aromatic amines is 1. The topological polar surface area (TPSA) is 180 Å². The number of nitrogens with two attached hydrogens (primary N) is 2. The monoisotopic (exact) mass is 375 g/mol. The maximum absolute atomic E-state index is 12.1. The number of rotatable bonds is 9. The number of hydrogen-bond donors (Lipinski definition) is 6. The molecule has 0 saturated carbocycles. The van der Waals surface area contributed by atoms with Crippen LogP contribution in [0.3, 0.4) is 0 Å². The average molecular weight is 375 g/mol. The van der Waals surface area contributed by atoms with Gasteiger partial charge in [0.15, 0.2) is 0 Å². The van der Waals surface area contributed by atoms with E-state index < -0.39 is 48.7 Å². The van der Waals surface area contributed by atoms with E-state index >= 15 is 0 Å². The number of amides is 3. The van der Waals surface area contributed by atoms with E-state index in [1.54, 1.807) is 6.20 Å². The van der Waals surface area contributed by atoms with Crippen LogP contribution in [0.2, 0.25) is 0 Å². The second-order valence-corrected chi connectivity index (χ2v) is 6.02. The quantitative estimate of drug-likeness (QED) is 0.313. The first-order chi connectivity index (χ1) is 12.8. The Morgan fingerprint density at radius 1 is 1.19 bits per heavy atom. The van der Waals surface area contributed by atoms with Gasteiger partial charge in [0.05, 0.1) is 19.0 Å². The Morgan fingerprint density at radius 2 is 1.89 bits per heavy atom. The van der Waals surface area contributed by atoms with Gasteiger partial charge in [-0.3, -0.25) is 14.4 Å². The SMILES string of the molecule is NC(=O)C[C@H](NC(=O)CNC(=O)[C@@H](N)Cc1c[nH]c2ccccc12)C(=O)O. The number of nitrogens with one attached hydrogen (secondary N) is 3. The second kappa shape index (κ2) is 8.81. The lowest BCUT2D eigenvalue weighted by atomic mass is 10.1. The van der Waals surface area contributed by atoms with Gasteiger partial charge < -0.3 is 32.2 Å². The lowest BCUT2D eigenvalue weighted by Crippen LogP contribution is -2.49. The zero-order chi connectivity index (χ0) is 20.0. The van der Waals surface area contributed by atoms with Crippen molar-refractivity contribution < 1.29 is 24.3 Å². The Kier molecular flexibility index (Phi) is 6.50. The summed E-state index contributed by atoms with van der Waals surface area (Å²) < 4.78 is 0. The molecule has 0 aliphatic heterocycles. The number of carbonyl (C=O) groups excluding carboxylic acids is 3. The van der Waals surface area contributed by atoms with Crippen LogP contribution in [0.15, 0.2) is 30.5 Å². The molecule has 10 heteroatoms. The maximum Gasteiger partial charge on any atom is 0.326 e. The van der Waals surface area contributed by atoms with Crippen LogP contribution in [0.5, 0.6) is 0 Å². The van der Waals surface area contributed by atoms with Crippen molar-refractivity contribution in [3.8, 4) is 0 Å². The summed E-state index contributed by atoms with van der Waals surface area (Å²) in [5.41, 5.74) is 12.6. The van der Waals surface area contributed by atoms with Gasteiger partial charge >= 0.3 is 5.97 Å². The highest BCUT2D eigenvalue weighted by molar-refractivity contribution is 5.91. The highest BCUT2D eigenvalue weighted by Crippen LogP contribution is 2.18. The van der Waals surface area contributed by atoms with Crippen molar-refractivity contribution in [3.05, 3.63) is 36.0 Å². The number of aromatic nitrogens is 1. The lowest BCUT2D eigenvalue weighted by Gasteiger charge is -2.15. The standard InChI is InChI=1S/C17H21N5O5/c18-11(5-9-7-20-12-4-2-1-3-10(9)12)16(25)21-8-15(24)22-13(17(26)27)6-14(19)23/h1-4,7,11,13,20H,5-6,8,18H2,(H2,19,23)(H,21,25)(H,22,24)(H,26,27)/t11-,13-/m0/s1. The maximum atomic E-state index is 12.1. The Bertz CT molecular complexity index is 862. The molecule has 0 bridgehead atoms. The third-order valence-corrected chi connectivity index (χ3v) is 3.91. The van der Waals surface area contributed by atoms with Gasteiger partial charge in [-0.15, -0.1) is 0 Å². The van der Waals surface area contributed by atoms with Crippen molar-refractivity contribution in [3.63, 3.8) is 0 Å². The van der Waals surface area contributed by atoms with E-state index in [4.69, 9.17) is 16.6 Å². The van der Waals surface area contributed by atoms with Crippen LogP contribution in [0.25, 0.3) is 10.9 Å². The number of para-hydroxylation sites is 1. The number of carbonyl (C=O) groups is 4. The summed E-state index contributed by atoms with van der Waals surface area (Å²) in [5, 5.41) is 14.3. The predicted molar refractivity (Wildman–Crippen MR) is 96.4 cm³/mol. The zero-order valence-electron chi connectivity index (χ0n) is 14.4. The summed E-state index contributed by atoms with van der Waals surface area (Å²) in [7, 11) is 0. The van der Waals surface area contributed by atoms with E-state index in [0.29, 0.717) is 0 Å². The molecule has 2 aromatic rings. The van der Waals surface area contributed by atoms with Gasteiger partial charge in [0.25, 0.3) is 0 Å². The Morgan fingerprint density at radius 3 is 2.56 bits per heavy atom. The van der Waals surface area contributed by atoms with Crippen molar-refractivity contribution in [1.82, 2.24) is 15.6 Å². The minimum atomic E-state index is -1.45. The average Bonchev–Trinajstić information content (AvgIpc) is 3.01. The Balaban J connectivity index is 1.86. The molecular formula is C17H21N5O5. The molecule has 0 aliphatic rings. The molecule has 0 fully saturated rings. The number of primary amides is 1. The van der Waals surface area contributed by atoms with Crippen LogP contribution in [-0.2, 0) is 25.6 Å². The number of aliphatic carboxylic acids is 1. The first-order valence-corrected chi connectivity index (χ1v) is 8.16. The first kappa shape index (κ1) is 19.9. The molecule has 2 rings (SSSR count). The van der Waals surface area contributed by atoms with Crippen molar-refractivity contribution >= 4 is 34.6 Å². The fraction of sp³-hybridized carbons (Fsp3) is 0.294. The molecule has 1 aromatic carbocycles. The molecule has 144 valence electrons. The number of carboxylic acid groups (broad SMARTS) is 1. The van der Waals surface area contributed by atoms with Crippen molar-refractivity contribution in [2.45, 2.75) is 24.9 Å². The molecule has 0 spiro atoms. The molecule has 0 radical (unpaired) electrons. The Labute approximate surface area is 154 Å². The third kappa shape index (κ3) is 5.54. The summed E-state index contributed by atoms with van der Waals surface area (Å²) in [5.74, 6) is -3.59. The van der Waals surface area contributed by atoms with Gasteiger partial charge in [0.2, 0.25) is 17.7 Å². The van der Waals surface area contributed by atoms with Gasteiger partial charge in [0, 0.05) is 17.1 Å². The highest BCUT2D eigenvalue weighted by atomic mass is 16.4. The van der Waals surface area contributed by atoms with Gasteiger partial charge in [-0.1, -0.05) is 18.2 Å². The summed E-state index contributed by atoms with van der Waals surface area (Å²) in [6.07, 6.45) is 1.48. The number of H-pyrrole nitrogens is 1. The van der Waals surface area contributed by atoms with Gasteiger partial charge in [-0.05, 0) is 18.1 Å². The number of hydrogen-bond acceptors (Lipinski definition) is 5. The summed E-state index contributed by atoms with van der Waals surface area (Å²) in [4.78, 5) is 48.7. The van der Waals surface area contributed by atoms with Crippen LogP contribution in [0.1, 0.15) is 12.0 Å². The highest BCUT2D eigenvalue weighted by Gasteiger charge is 2.23. The van der Waals surface area contributed by atoms with Crippen LogP contribution < -0.4 is 22.1 Å². The van der Waals surface area contributed by atoms with Crippen molar-refractivity contribution in [2.75, 3.05) is 6.54 Å². The van der Waals surface area contributed by atoms with Crippen LogP contribution in [-0.4, -0.2) is 52.4 Å². The van der Waals surface area contributed by atoms with Crippen LogP contribution in [0, 0.1) is 0 Å². The molecule has 1 aromatic heterocycles. The van der Waals surface area contributed by atoms with E-state index in [1.807, 2.05) is 24.3 Å². The van der Waals surface area contributed by atoms with Crippen molar-refractivity contribution in [2.24, 2.45) is 11.5 Å². The van der Waals surface area contributed by atoms with Crippen LogP contribution >= 0.6 is 0 Å². The van der Waals surface area contributed by atoms with Gasteiger partial charge in [0.1, 0.15) is 6.04 Å². The fourth-order valence-corrected chi connectivity index (χ4v) is 2.58. The minimum Gasteiger partial charge on any atom is -0.480 e. The fourth-order valence-electron chi connectivity index (χ4n) is 2.58. The lowest BCUT2D eigenvalue weighted by molar-refractivity contribution is -0.143. The summed E-state index contributed by atoms with van der Waals surface area (Å²) in [6.45, 7) is -0.469. The molecule has 8 N–H and O–H groups in total. The van der Waals surface area contributed by atoms with E-state index in [9.17, 15) is 19.2 Å². The van der Waals surface area contributed by atoms with Gasteiger partial charge in [-0.25, -0.2) is 4.79 Å². The molecule has 0 saturated heterocycles. The largest absolute Gasteiger partial charge is 0.480 e. The van der Waals surface area contributed by atoms with Gasteiger partial charge in [-0.2, -0.15) is 0 Å². The summed E-state index contributed by atoms with van der Waals surface area (Å²) >= 11 is 0. The molecule has 27 heavy (non-hydrogen) atoms. The number of benzene rings is 1. The minimum absolute atomic E-state index is 0.261. The smallest absolute Gasteiger partial charge is 0.326 e. The molecule has 3 amide bonds. The number of carboxylic acids is 1. The number of fused-ring (bicyclic) bond motifs is 1. The predicted octanol–water partition coefficient (Wildman–Crippen LogP) is -1.40. The molecule has 0 aliphatic carbocycles. The second-order valence-electron chi connectivity index (χ2n) is 6.02. The summed E-state index contributed by atoms with van der Waals surface area (Å²) in [6, 6.07) is 5.23. The normalized spacial score (nSPS) is 12.9. The molecule has 0 unspecified atom stereocenters. The van der Waals surface area contributed by atoms with E-state index in [-0.39, 0.29) is 6.42 Å². The first-order valence-electron chi connectivity index (χ1n) is 8.16. The van der Waals surface area contributed by atoms with E-state index in [2.05, 4.69) is 15.6 Å². The van der Waals surface area contributed by atoms with E-state index in [0.717, 1.165) is 16.5 Å². The molecular weight excluding hydrogens is 354 g/mol. The molecule has 1 heterocycles. The zero-order valence-corrected chi connectivity index (χ0v) is 14.4. The third-order valence-electron chi connectivity index (χ3n) is 3.91. The van der Waals surface area contributed by atoms with Crippen LogP contribution in [0.4, 0.5) is 0 Å². The van der Waals surface area contributed by atoms with Crippen molar-refractivity contribution in [1.29, 1.82) is 0 Å².